The third-order valence-corrected chi connectivity index (χ3v) is 5.41. The first-order chi connectivity index (χ1) is 12.5. The molecule has 1 N–H and O–H groups in total. The fourth-order valence-corrected chi connectivity index (χ4v) is 4.11. The van der Waals surface area contributed by atoms with Crippen molar-refractivity contribution in [3.63, 3.8) is 0 Å². The van der Waals surface area contributed by atoms with Gasteiger partial charge in [-0.05, 0) is 20.2 Å². The molecule has 0 bridgehead atoms. The summed E-state index contributed by atoms with van der Waals surface area (Å²) in [6, 6.07) is 1.89. The number of aliphatic hydroxyl groups is 1. The summed E-state index contributed by atoms with van der Waals surface area (Å²) in [5.74, 6) is 1.16. The number of hydrogen-bond acceptors (Lipinski definition) is 7. The summed E-state index contributed by atoms with van der Waals surface area (Å²) < 4.78 is 13.0. The van der Waals surface area contributed by atoms with Crippen LogP contribution < -0.4 is 9.47 Å². The minimum absolute atomic E-state index is 0.0513. The Morgan fingerprint density at radius 2 is 2.19 bits per heavy atom. The molecule has 2 aliphatic heterocycles. The SMILES string of the molecule is CN(C)C[C@@H](O)c1cc2n(n1)CCN(C(=O)c1scc3c1OCCO3)C2. The van der Waals surface area contributed by atoms with Crippen molar-refractivity contribution in [2.75, 3.05) is 40.4 Å². The lowest BCUT2D eigenvalue weighted by Gasteiger charge is -2.27. The minimum Gasteiger partial charge on any atom is -0.485 e. The molecule has 2 aliphatic rings. The molecule has 0 spiro atoms. The molecule has 1 amide bonds. The smallest absolute Gasteiger partial charge is 0.268 e. The van der Waals surface area contributed by atoms with Gasteiger partial charge in [-0.3, -0.25) is 9.48 Å². The van der Waals surface area contributed by atoms with Crippen LogP contribution in [0.4, 0.5) is 0 Å². The summed E-state index contributed by atoms with van der Waals surface area (Å²) in [4.78, 5) is 17.2. The van der Waals surface area contributed by atoms with Gasteiger partial charge in [0.05, 0.1) is 24.5 Å². The van der Waals surface area contributed by atoms with Gasteiger partial charge in [-0.2, -0.15) is 5.10 Å². The topological polar surface area (TPSA) is 80.1 Å². The first-order valence-corrected chi connectivity index (χ1v) is 9.46. The van der Waals surface area contributed by atoms with Gasteiger partial charge in [0, 0.05) is 18.5 Å². The number of carbonyl (C=O) groups excluding carboxylic acids is 1. The van der Waals surface area contributed by atoms with Gasteiger partial charge in [-0.25, -0.2) is 0 Å². The molecular formula is C17H22N4O4S. The lowest BCUT2D eigenvalue weighted by atomic mass is 10.2. The van der Waals surface area contributed by atoms with E-state index in [1.165, 1.54) is 11.3 Å². The Morgan fingerprint density at radius 1 is 1.38 bits per heavy atom. The normalized spacial score (nSPS) is 17.3. The van der Waals surface area contributed by atoms with Crippen LogP contribution in [0.5, 0.6) is 11.5 Å². The molecule has 26 heavy (non-hydrogen) atoms. The second-order valence-corrected chi connectivity index (χ2v) is 7.62. The van der Waals surface area contributed by atoms with Crippen LogP contribution in [0.2, 0.25) is 0 Å². The summed E-state index contributed by atoms with van der Waals surface area (Å²) in [5.41, 5.74) is 1.58. The Hall–Kier alpha value is -2.10. The molecule has 4 heterocycles. The summed E-state index contributed by atoms with van der Waals surface area (Å²) in [5, 5.41) is 16.6. The molecule has 0 fully saturated rings. The molecular weight excluding hydrogens is 356 g/mol. The van der Waals surface area contributed by atoms with E-state index in [9.17, 15) is 9.90 Å². The van der Waals surface area contributed by atoms with Crippen molar-refractivity contribution in [3.8, 4) is 11.5 Å². The van der Waals surface area contributed by atoms with E-state index in [4.69, 9.17) is 9.47 Å². The molecule has 0 aromatic carbocycles. The highest BCUT2D eigenvalue weighted by Gasteiger charge is 2.30. The van der Waals surface area contributed by atoms with E-state index < -0.39 is 6.10 Å². The van der Waals surface area contributed by atoms with Gasteiger partial charge >= 0.3 is 0 Å². The van der Waals surface area contributed by atoms with Gasteiger partial charge in [0.1, 0.15) is 24.2 Å². The van der Waals surface area contributed by atoms with Gasteiger partial charge in [-0.15, -0.1) is 11.3 Å². The molecule has 4 rings (SSSR count). The van der Waals surface area contributed by atoms with E-state index in [0.717, 1.165) is 5.69 Å². The van der Waals surface area contributed by atoms with E-state index in [2.05, 4.69) is 5.10 Å². The number of fused-ring (bicyclic) bond motifs is 2. The number of thiophene rings is 1. The first-order valence-electron chi connectivity index (χ1n) is 8.58. The summed E-state index contributed by atoms with van der Waals surface area (Å²) in [6.07, 6.45) is -0.637. The lowest BCUT2D eigenvalue weighted by Crippen LogP contribution is -2.38. The van der Waals surface area contributed by atoms with Crippen LogP contribution >= 0.6 is 11.3 Å². The molecule has 0 saturated carbocycles. The monoisotopic (exact) mass is 378 g/mol. The Morgan fingerprint density at radius 3 is 3.00 bits per heavy atom. The molecule has 0 radical (unpaired) electrons. The average molecular weight is 378 g/mol. The Labute approximate surface area is 155 Å². The van der Waals surface area contributed by atoms with Crippen molar-refractivity contribution < 1.29 is 19.4 Å². The van der Waals surface area contributed by atoms with E-state index in [-0.39, 0.29) is 5.91 Å². The van der Waals surface area contributed by atoms with Crippen molar-refractivity contribution >= 4 is 17.2 Å². The fraction of sp³-hybridized carbons (Fsp3) is 0.529. The van der Waals surface area contributed by atoms with Gasteiger partial charge in [-0.1, -0.05) is 0 Å². The number of likely N-dealkylation sites (N-methyl/N-ethyl adjacent to an activating group) is 1. The molecule has 140 valence electrons. The molecule has 0 saturated heterocycles. The second kappa shape index (κ2) is 6.90. The maximum Gasteiger partial charge on any atom is 0.268 e. The Balaban J connectivity index is 1.50. The molecule has 0 aliphatic carbocycles. The molecule has 9 heteroatoms. The number of carbonyl (C=O) groups is 1. The highest BCUT2D eigenvalue weighted by molar-refractivity contribution is 7.12. The Bertz CT molecular complexity index is 816. The van der Waals surface area contributed by atoms with Crippen LogP contribution in [0.25, 0.3) is 0 Å². The Kier molecular flexibility index (Phi) is 4.60. The fourth-order valence-electron chi connectivity index (χ4n) is 3.22. The van der Waals surface area contributed by atoms with Crippen LogP contribution in [-0.2, 0) is 13.1 Å². The number of nitrogens with zero attached hydrogens (tertiary/aromatic N) is 4. The van der Waals surface area contributed by atoms with Gasteiger partial charge in [0.15, 0.2) is 11.5 Å². The maximum absolute atomic E-state index is 12.9. The van der Waals surface area contributed by atoms with Crippen LogP contribution in [0, 0.1) is 0 Å². The van der Waals surface area contributed by atoms with Crippen molar-refractivity contribution in [2.45, 2.75) is 19.2 Å². The van der Waals surface area contributed by atoms with Gasteiger partial charge in [0.25, 0.3) is 5.91 Å². The van der Waals surface area contributed by atoms with Crippen molar-refractivity contribution in [1.82, 2.24) is 19.6 Å². The maximum atomic E-state index is 12.9. The molecule has 2 aromatic heterocycles. The van der Waals surface area contributed by atoms with E-state index >= 15 is 0 Å². The molecule has 1 atom stereocenters. The number of amides is 1. The predicted octanol–water partition coefficient (Wildman–Crippen LogP) is 0.967. The van der Waals surface area contributed by atoms with Crippen LogP contribution in [0.15, 0.2) is 11.4 Å². The zero-order valence-electron chi connectivity index (χ0n) is 14.8. The predicted molar refractivity (Wildman–Crippen MR) is 95.8 cm³/mol. The number of aromatic nitrogens is 2. The summed E-state index contributed by atoms with van der Waals surface area (Å²) >= 11 is 1.36. The number of ether oxygens (including phenoxy) is 2. The highest BCUT2D eigenvalue weighted by atomic mass is 32.1. The summed E-state index contributed by atoms with van der Waals surface area (Å²) in [7, 11) is 3.82. The number of aliphatic hydroxyl groups excluding tert-OH is 1. The number of hydrogen-bond donors (Lipinski definition) is 1. The zero-order chi connectivity index (χ0) is 18.3. The van der Waals surface area contributed by atoms with Crippen LogP contribution in [0.3, 0.4) is 0 Å². The quantitative estimate of drug-likeness (QED) is 0.854. The molecule has 8 nitrogen and oxygen atoms in total. The first kappa shape index (κ1) is 17.3. The standard InChI is InChI=1S/C17H22N4O4S/c1-19(2)9-13(22)12-7-11-8-20(3-4-21(11)18-12)17(23)16-15-14(10-26-16)24-5-6-25-15/h7,10,13,22H,3-6,8-9H2,1-2H3/t13-/m1/s1. The van der Waals surface area contributed by atoms with Crippen LogP contribution in [0.1, 0.15) is 27.2 Å². The van der Waals surface area contributed by atoms with Crippen LogP contribution in [-0.4, -0.2) is 71.0 Å². The minimum atomic E-state index is -0.637. The third-order valence-electron chi connectivity index (χ3n) is 4.48. The van der Waals surface area contributed by atoms with Gasteiger partial charge < -0.3 is 24.4 Å². The third kappa shape index (κ3) is 3.17. The van der Waals surface area contributed by atoms with Crippen molar-refractivity contribution in [3.05, 3.63) is 27.7 Å². The van der Waals surface area contributed by atoms with Gasteiger partial charge in [0.2, 0.25) is 0 Å². The zero-order valence-corrected chi connectivity index (χ0v) is 15.7. The van der Waals surface area contributed by atoms with Crippen molar-refractivity contribution in [2.24, 2.45) is 0 Å². The summed E-state index contributed by atoms with van der Waals surface area (Å²) in [6.45, 7) is 3.14. The molecule has 0 unspecified atom stereocenters. The van der Waals surface area contributed by atoms with E-state index in [1.54, 1.807) is 4.90 Å². The lowest BCUT2D eigenvalue weighted by molar-refractivity contribution is 0.0702. The largest absolute Gasteiger partial charge is 0.485 e. The average Bonchev–Trinajstić information content (AvgIpc) is 3.24. The highest BCUT2D eigenvalue weighted by Crippen LogP contribution is 2.40. The molecule has 2 aromatic rings. The van der Waals surface area contributed by atoms with E-state index in [0.29, 0.717) is 61.5 Å². The van der Waals surface area contributed by atoms with E-state index in [1.807, 2.05) is 35.1 Å². The second-order valence-electron chi connectivity index (χ2n) is 6.74. The number of rotatable bonds is 4. The van der Waals surface area contributed by atoms with Crippen molar-refractivity contribution in [1.29, 1.82) is 0 Å².